The summed E-state index contributed by atoms with van der Waals surface area (Å²) in [6.07, 6.45) is 2.64. The third-order valence-corrected chi connectivity index (χ3v) is 2.15. The first-order chi connectivity index (χ1) is 6.90. The van der Waals surface area contributed by atoms with Crippen LogP contribution in [-0.2, 0) is 6.42 Å². The second kappa shape index (κ2) is 4.11. The van der Waals surface area contributed by atoms with Crippen LogP contribution in [0.15, 0.2) is 47.1 Å². The Balaban J connectivity index is 2.25. The SMILES string of the molecule is NCCc1coc(-c2ccccc2)c1. The minimum absolute atomic E-state index is 0.660. The zero-order valence-electron chi connectivity index (χ0n) is 7.94. The molecule has 2 nitrogen and oxygen atoms in total. The van der Waals surface area contributed by atoms with E-state index in [1.165, 1.54) is 0 Å². The largest absolute Gasteiger partial charge is 0.464 e. The molecule has 14 heavy (non-hydrogen) atoms. The van der Waals surface area contributed by atoms with Gasteiger partial charge in [0.05, 0.1) is 6.26 Å². The van der Waals surface area contributed by atoms with Crippen LogP contribution < -0.4 is 5.73 Å². The van der Waals surface area contributed by atoms with Crippen LogP contribution in [0.2, 0.25) is 0 Å². The van der Waals surface area contributed by atoms with Crippen molar-refractivity contribution in [2.24, 2.45) is 5.73 Å². The van der Waals surface area contributed by atoms with E-state index in [9.17, 15) is 0 Å². The first-order valence-electron chi connectivity index (χ1n) is 4.73. The fourth-order valence-corrected chi connectivity index (χ4v) is 1.43. The Morgan fingerprint density at radius 1 is 1.14 bits per heavy atom. The van der Waals surface area contributed by atoms with Crippen molar-refractivity contribution in [3.05, 3.63) is 48.2 Å². The average molecular weight is 187 g/mol. The minimum atomic E-state index is 0.660. The van der Waals surface area contributed by atoms with Crippen molar-refractivity contribution in [1.82, 2.24) is 0 Å². The van der Waals surface area contributed by atoms with E-state index < -0.39 is 0 Å². The monoisotopic (exact) mass is 187 g/mol. The van der Waals surface area contributed by atoms with Gasteiger partial charge < -0.3 is 10.2 Å². The maximum Gasteiger partial charge on any atom is 0.134 e. The van der Waals surface area contributed by atoms with Crippen LogP contribution in [0.3, 0.4) is 0 Å². The molecule has 0 saturated carbocycles. The number of benzene rings is 1. The molecule has 0 bridgehead atoms. The lowest BCUT2D eigenvalue weighted by atomic mass is 10.1. The molecule has 0 aliphatic carbocycles. The highest BCUT2D eigenvalue weighted by molar-refractivity contribution is 5.57. The first kappa shape index (κ1) is 9.03. The molecular formula is C12H13NO. The minimum Gasteiger partial charge on any atom is -0.464 e. The molecule has 2 rings (SSSR count). The van der Waals surface area contributed by atoms with Crippen LogP contribution in [0.1, 0.15) is 5.56 Å². The van der Waals surface area contributed by atoms with Crippen molar-refractivity contribution in [3.63, 3.8) is 0 Å². The molecular weight excluding hydrogens is 174 g/mol. The van der Waals surface area contributed by atoms with Gasteiger partial charge >= 0.3 is 0 Å². The van der Waals surface area contributed by atoms with E-state index in [-0.39, 0.29) is 0 Å². The summed E-state index contributed by atoms with van der Waals surface area (Å²) in [6, 6.07) is 12.1. The Morgan fingerprint density at radius 2 is 1.93 bits per heavy atom. The summed E-state index contributed by atoms with van der Waals surface area (Å²) in [5, 5.41) is 0. The van der Waals surface area contributed by atoms with Gasteiger partial charge in [-0.05, 0) is 24.6 Å². The maximum atomic E-state index is 5.47. The number of rotatable bonds is 3. The van der Waals surface area contributed by atoms with Gasteiger partial charge in [-0.15, -0.1) is 0 Å². The number of hydrogen-bond acceptors (Lipinski definition) is 2. The first-order valence-corrected chi connectivity index (χ1v) is 4.73. The molecule has 1 aromatic heterocycles. The Morgan fingerprint density at radius 3 is 2.64 bits per heavy atom. The lowest BCUT2D eigenvalue weighted by molar-refractivity contribution is 0.578. The van der Waals surface area contributed by atoms with Crippen molar-refractivity contribution in [2.45, 2.75) is 6.42 Å². The molecule has 0 amide bonds. The van der Waals surface area contributed by atoms with Crippen LogP contribution >= 0.6 is 0 Å². The topological polar surface area (TPSA) is 39.2 Å². The Labute approximate surface area is 83.4 Å². The third-order valence-electron chi connectivity index (χ3n) is 2.15. The van der Waals surface area contributed by atoms with Gasteiger partial charge in [0.1, 0.15) is 5.76 Å². The quantitative estimate of drug-likeness (QED) is 0.801. The number of furan rings is 1. The summed E-state index contributed by atoms with van der Waals surface area (Å²) in [6.45, 7) is 0.660. The smallest absolute Gasteiger partial charge is 0.134 e. The molecule has 0 radical (unpaired) electrons. The molecule has 2 aromatic rings. The summed E-state index contributed by atoms with van der Waals surface area (Å²) < 4.78 is 5.45. The van der Waals surface area contributed by atoms with Gasteiger partial charge in [-0.1, -0.05) is 30.3 Å². The van der Waals surface area contributed by atoms with Crippen LogP contribution in [0, 0.1) is 0 Å². The van der Waals surface area contributed by atoms with Crippen LogP contribution in [0.25, 0.3) is 11.3 Å². The van der Waals surface area contributed by atoms with Gasteiger partial charge in [0.15, 0.2) is 0 Å². The zero-order chi connectivity index (χ0) is 9.80. The molecule has 0 aliphatic heterocycles. The predicted molar refractivity (Wildman–Crippen MR) is 56.9 cm³/mol. The second-order valence-electron chi connectivity index (χ2n) is 3.22. The van der Waals surface area contributed by atoms with E-state index >= 15 is 0 Å². The van der Waals surface area contributed by atoms with E-state index in [4.69, 9.17) is 10.2 Å². The van der Waals surface area contributed by atoms with E-state index in [2.05, 4.69) is 0 Å². The predicted octanol–water partition coefficient (Wildman–Crippen LogP) is 2.45. The molecule has 0 spiro atoms. The van der Waals surface area contributed by atoms with Crippen LogP contribution in [0.4, 0.5) is 0 Å². The highest BCUT2D eigenvalue weighted by Gasteiger charge is 2.02. The Hall–Kier alpha value is -1.54. The molecule has 0 unspecified atom stereocenters. The van der Waals surface area contributed by atoms with Crippen molar-refractivity contribution >= 4 is 0 Å². The molecule has 0 atom stereocenters. The lowest BCUT2D eigenvalue weighted by Crippen LogP contribution is -2.01. The van der Waals surface area contributed by atoms with Gasteiger partial charge in [0.2, 0.25) is 0 Å². The molecule has 1 aromatic carbocycles. The lowest BCUT2D eigenvalue weighted by Gasteiger charge is -1.93. The van der Waals surface area contributed by atoms with Gasteiger partial charge in [-0.2, -0.15) is 0 Å². The molecule has 1 heterocycles. The standard InChI is InChI=1S/C12H13NO/c13-7-6-10-8-12(14-9-10)11-4-2-1-3-5-11/h1-5,8-9H,6-7,13H2. The van der Waals surface area contributed by atoms with Crippen LogP contribution in [-0.4, -0.2) is 6.54 Å². The van der Waals surface area contributed by atoms with E-state index in [1.54, 1.807) is 6.26 Å². The van der Waals surface area contributed by atoms with Gasteiger partial charge in [0.25, 0.3) is 0 Å². The summed E-state index contributed by atoms with van der Waals surface area (Å²) in [5.74, 6) is 0.911. The Bertz CT molecular complexity index is 392. The fourth-order valence-electron chi connectivity index (χ4n) is 1.43. The van der Waals surface area contributed by atoms with E-state index in [0.29, 0.717) is 6.54 Å². The highest BCUT2D eigenvalue weighted by Crippen LogP contribution is 2.21. The van der Waals surface area contributed by atoms with Crippen LogP contribution in [0.5, 0.6) is 0 Å². The van der Waals surface area contributed by atoms with Gasteiger partial charge in [-0.25, -0.2) is 0 Å². The average Bonchev–Trinajstić information content (AvgIpc) is 2.68. The van der Waals surface area contributed by atoms with Crippen molar-refractivity contribution < 1.29 is 4.42 Å². The Kier molecular flexibility index (Phi) is 2.65. The van der Waals surface area contributed by atoms with Gasteiger partial charge in [0, 0.05) is 5.56 Å². The molecule has 72 valence electrons. The van der Waals surface area contributed by atoms with E-state index in [0.717, 1.165) is 23.3 Å². The molecule has 0 saturated heterocycles. The molecule has 2 N–H and O–H groups in total. The molecule has 0 aliphatic rings. The van der Waals surface area contributed by atoms with E-state index in [1.807, 2.05) is 36.4 Å². The molecule has 2 heteroatoms. The summed E-state index contributed by atoms with van der Waals surface area (Å²) in [7, 11) is 0. The third kappa shape index (κ3) is 1.86. The summed E-state index contributed by atoms with van der Waals surface area (Å²) >= 11 is 0. The van der Waals surface area contributed by atoms with Gasteiger partial charge in [-0.3, -0.25) is 0 Å². The number of hydrogen-bond donors (Lipinski definition) is 1. The van der Waals surface area contributed by atoms with Crippen molar-refractivity contribution in [2.75, 3.05) is 6.54 Å². The molecule has 0 fully saturated rings. The van der Waals surface area contributed by atoms with Crippen molar-refractivity contribution in [1.29, 1.82) is 0 Å². The highest BCUT2D eigenvalue weighted by atomic mass is 16.3. The number of nitrogens with two attached hydrogens (primary N) is 1. The normalized spacial score (nSPS) is 10.4. The summed E-state index contributed by atoms with van der Waals surface area (Å²) in [4.78, 5) is 0. The zero-order valence-corrected chi connectivity index (χ0v) is 7.94. The second-order valence-corrected chi connectivity index (χ2v) is 3.22. The summed E-state index contributed by atoms with van der Waals surface area (Å²) in [5.41, 5.74) is 7.73. The fraction of sp³-hybridized carbons (Fsp3) is 0.167. The maximum absolute atomic E-state index is 5.47. The van der Waals surface area contributed by atoms with Crippen molar-refractivity contribution in [3.8, 4) is 11.3 Å².